The average Bonchev–Trinajstić information content (AvgIpc) is 2.82. The largest absolute Gasteiger partial charge is 0.339 e. The van der Waals surface area contributed by atoms with Gasteiger partial charge >= 0.3 is 0 Å². The monoisotopic (exact) mass is 460 g/mol. The first-order chi connectivity index (χ1) is 15.4. The van der Waals surface area contributed by atoms with E-state index in [4.69, 9.17) is 17.3 Å². The van der Waals surface area contributed by atoms with E-state index in [2.05, 4.69) is 23.6 Å². The number of nitrogens with two attached hydrogens (primary N) is 1. The molecular formula is C25H34ClFN4O. The van der Waals surface area contributed by atoms with E-state index in [0.29, 0.717) is 37.6 Å². The molecule has 0 aliphatic carbocycles. The van der Waals surface area contributed by atoms with Gasteiger partial charge in [-0.1, -0.05) is 55.8 Å². The van der Waals surface area contributed by atoms with Crippen LogP contribution in [0.15, 0.2) is 48.5 Å². The first kappa shape index (κ1) is 24.6. The van der Waals surface area contributed by atoms with E-state index in [0.717, 1.165) is 30.8 Å². The molecule has 2 aromatic rings. The van der Waals surface area contributed by atoms with Crippen LogP contribution in [0.4, 0.5) is 4.39 Å². The number of rotatable bonds is 9. The lowest BCUT2D eigenvalue weighted by atomic mass is 10.0. The predicted octanol–water partition coefficient (Wildman–Crippen LogP) is 3.58. The average molecular weight is 461 g/mol. The molecule has 0 bridgehead atoms. The van der Waals surface area contributed by atoms with Crippen LogP contribution < -0.4 is 5.73 Å². The summed E-state index contributed by atoms with van der Waals surface area (Å²) in [6.07, 6.45) is 0.482. The smallest absolute Gasteiger partial charge is 0.239 e. The normalized spacial score (nSPS) is 16.9. The molecule has 32 heavy (non-hydrogen) atoms. The third-order valence-corrected chi connectivity index (χ3v) is 6.59. The topological polar surface area (TPSA) is 52.8 Å². The molecule has 1 saturated heterocycles. The van der Waals surface area contributed by atoms with Crippen molar-refractivity contribution in [1.29, 1.82) is 0 Å². The standard InChI is InChI=1S/C25H34ClFN4O/c1-3-29(4-2)18-24(21-7-5-6-8-22(21)27)30-13-15-31(16-14-30)25(32)23(28)17-19-9-11-20(26)12-10-19/h5-12,23-24H,3-4,13-18,28H2,1-2H3. The Bertz CT molecular complexity index is 867. The van der Waals surface area contributed by atoms with Crippen molar-refractivity contribution in [3.63, 3.8) is 0 Å². The fourth-order valence-electron chi connectivity index (χ4n) is 4.33. The van der Waals surface area contributed by atoms with Crippen LogP contribution in [0.2, 0.25) is 5.02 Å². The maximum atomic E-state index is 14.7. The predicted molar refractivity (Wildman–Crippen MR) is 128 cm³/mol. The first-order valence-electron chi connectivity index (χ1n) is 11.4. The fourth-order valence-corrected chi connectivity index (χ4v) is 4.46. The van der Waals surface area contributed by atoms with Gasteiger partial charge in [-0.05, 0) is 43.3 Å². The molecule has 7 heteroatoms. The Morgan fingerprint density at radius 2 is 1.69 bits per heavy atom. The molecule has 5 nitrogen and oxygen atoms in total. The lowest BCUT2D eigenvalue weighted by molar-refractivity contribution is -0.134. The lowest BCUT2D eigenvalue weighted by Gasteiger charge is -2.41. The second-order valence-electron chi connectivity index (χ2n) is 8.32. The van der Waals surface area contributed by atoms with Gasteiger partial charge in [0.2, 0.25) is 5.91 Å². The summed E-state index contributed by atoms with van der Waals surface area (Å²) in [5.41, 5.74) is 7.95. The van der Waals surface area contributed by atoms with Crippen molar-refractivity contribution in [3.05, 3.63) is 70.5 Å². The Kier molecular flexibility index (Phi) is 9.05. The second kappa shape index (κ2) is 11.8. The maximum absolute atomic E-state index is 14.7. The first-order valence-corrected chi connectivity index (χ1v) is 11.8. The van der Waals surface area contributed by atoms with Crippen molar-refractivity contribution in [2.45, 2.75) is 32.4 Å². The van der Waals surface area contributed by atoms with Crippen LogP contribution in [-0.2, 0) is 11.2 Å². The van der Waals surface area contributed by atoms with Crippen LogP contribution in [0.5, 0.6) is 0 Å². The number of halogens is 2. The third kappa shape index (κ3) is 6.29. The summed E-state index contributed by atoms with van der Waals surface area (Å²) < 4.78 is 14.7. The highest BCUT2D eigenvalue weighted by Gasteiger charge is 2.31. The summed E-state index contributed by atoms with van der Waals surface area (Å²) >= 11 is 5.94. The van der Waals surface area contributed by atoms with Crippen LogP contribution >= 0.6 is 11.6 Å². The van der Waals surface area contributed by atoms with E-state index >= 15 is 0 Å². The van der Waals surface area contributed by atoms with Crippen molar-refractivity contribution in [1.82, 2.24) is 14.7 Å². The van der Waals surface area contributed by atoms with Crippen molar-refractivity contribution in [3.8, 4) is 0 Å². The number of hydrogen-bond acceptors (Lipinski definition) is 4. The molecule has 3 rings (SSSR count). The molecule has 0 spiro atoms. The van der Waals surface area contributed by atoms with Gasteiger partial charge in [-0.15, -0.1) is 0 Å². The highest BCUT2D eigenvalue weighted by molar-refractivity contribution is 6.30. The number of benzene rings is 2. The highest BCUT2D eigenvalue weighted by atomic mass is 35.5. The van der Waals surface area contributed by atoms with Crippen LogP contribution in [0.25, 0.3) is 0 Å². The molecule has 2 unspecified atom stereocenters. The van der Waals surface area contributed by atoms with Gasteiger partial charge in [0, 0.05) is 43.3 Å². The maximum Gasteiger partial charge on any atom is 0.239 e. The van der Waals surface area contributed by atoms with E-state index in [-0.39, 0.29) is 17.8 Å². The zero-order chi connectivity index (χ0) is 23.1. The summed E-state index contributed by atoms with van der Waals surface area (Å²) in [7, 11) is 0. The number of nitrogens with zero attached hydrogens (tertiary/aromatic N) is 3. The number of amides is 1. The fraction of sp³-hybridized carbons (Fsp3) is 0.480. The van der Waals surface area contributed by atoms with Crippen molar-refractivity contribution >= 4 is 17.5 Å². The van der Waals surface area contributed by atoms with Crippen molar-refractivity contribution in [2.75, 3.05) is 45.8 Å². The summed E-state index contributed by atoms with van der Waals surface area (Å²) in [4.78, 5) is 19.4. The summed E-state index contributed by atoms with van der Waals surface area (Å²) in [5, 5.41) is 0.666. The van der Waals surface area contributed by atoms with Gasteiger partial charge in [0.25, 0.3) is 0 Å². The van der Waals surface area contributed by atoms with E-state index in [1.165, 1.54) is 6.07 Å². The molecular weight excluding hydrogens is 427 g/mol. The van der Waals surface area contributed by atoms with Crippen LogP contribution in [0.3, 0.4) is 0 Å². The molecule has 2 atom stereocenters. The Morgan fingerprint density at radius 3 is 2.28 bits per heavy atom. The number of carbonyl (C=O) groups is 1. The molecule has 1 heterocycles. The minimum absolute atomic E-state index is 0.0363. The molecule has 0 aromatic heterocycles. The molecule has 1 aliphatic rings. The number of carbonyl (C=O) groups excluding carboxylic acids is 1. The van der Waals surface area contributed by atoms with Gasteiger partial charge in [-0.3, -0.25) is 9.69 Å². The summed E-state index contributed by atoms with van der Waals surface area (Å²) in [6, 6.07) is 13.8. The molecule has 0 saturated carbocycles. The lowest BCUT2D eigenvalue weighted by Crippen LogP contribution is -2.55. The Morgan fingerprint density at radius 1 is 1.06 bits per heavy atom. The van der Waals surface area contributed by atoms with Crippen molar-refractivity contribution < 1.29 is 9.18 Å². The Labute approximate surface area is 195 Å². The van der Waals surface area contributed by atoms with Gasteiger partial charge in [0.05, 0.1) is 12.1 Å². The van der Waals surface area contributed by atoms with Crippen LogP contribution in [-0.4, -0.2) is 72.5 Å². The molecule has 0 radical (unpaired) electrons. The minimum Gasteiger partial charge on any atom is -0.339 e. The number of likely N-dealkylation sites (N-methyl/N-ethyl adjacent to an activating group) is 1. The second-order valence-corrected chi connectivity index (χ2v) is 8.76. The SMILES string of the molecule is CCN(CC)CC(c1ccccc1F)N1CCN(C(=O)C(N)Cc2ccc(Cl)cc2)CC1. The van der Waals surface area contributed by atoms with E-state index < -0.39 is 6.04 Å². The number of piperazine rings is 1. The van der Waals surface area contributed by atoms with Gasteiger partial charge < -0.3 is 15.5 Å². The Balaban J connectivity index is 1.64. The number of hydrogen-bond donors (Lipinski definition) is 1. The molecule has 1 fully saturated rings. The minimum atomic E-state index is -0.583. The molecule has 174 valence electrons. The van der Waals surface area contributed by atoms with Crippen LogP contribution in [0, 0.1) is 5.82 Å². The van der Waals surface area contributed by atoms with E-state index in [1.54, 1.807) is 6.07 Å². The zero-order valence-electron chi connectivity index (χ0n) is 19.0. The summed E-state index contributed by atoms with van der Waals surface area (Å²) in [5.74, 6) is -0.209. The third-order valence-electron chi connectivity index (χ3n) is 6.34. The quantitative estimate of drug-likeness (QED) is 0.621. The van der Waals surface area contributed by atoms with E-state index in [9.17, 15) is 9.18 Å². The molecule has 1 amide bonds. The van der Waals surface area contributed by atoms with E-state index in [1.807, 2.05) is 41.3 Å². The zero-order valence-corrected chi connectivity index (χ0v) is 19.8. The van der Waals surface area contributed by atoms with Gasteiger partial charge in [-0.2, -0.15) is 0 Å². The van der Waals surface area contributed by atoms with Gasteiger partial charge in [0.15, 0.2) is 0 Å². The highest BCUT2D eigenvalue weighted by Crippen LogP contribution is 2.26. The van der Waals surface area contributed by atoms with Gasteiger partial charge in [-0.25, -0.2) is 4.39 Å². The summed E-state index contributed by atoms with van der Waals surface area (Å²) in [6.45, 7) is 9.42. The molecule has 2 aromatic carbocycles. The molecule has 2 N–H and O–H groups in total. The van der Waals surface area contributed by atoms with Crippen molar-refractivity contribution in [2.24, 2.45) is 5.73 Å². The molecule has 1 aliphatic heterocycles. The Hall–Kier alpha value is -1.99. The van der Waals surface area contributed by atoms with Crippen LogP contribution in [0.1, 0.15) is 31.0 Å². The van der Waals surface area contributed by atoms with Gasteiger partial charge in [0.1, 0.15) is 5.82 Å².